The summed E-state index contributed by atoms with van der Waals surface area (Å²) in [6.07, 6.45) is 5.47. The molecule has 4 atom stereocenters. The van der Waals surface area contributed by atoms with E-state index in [1.807, 2.05) is 24.3 Å². The van der Waals surface area contributed by atoms with Gasteiger partial charge < -0.3 is 10.3 Å². The van der Waals surface area contributed by atoms with E-state index in [0.717, 1.165) is 28.0 Å². The maximum Gasteiger partial charge on any atom is 0.230 e. The molecule has 122 valence electrons. The first-order valence-electron chi connectivity index (χ1n) is 8.56. The number of carbonyl (C=O) groups is 1. The first-order chi connectivity index (χ1) is 11.2. The SMILES string of the molecule is CC(NC(=O)CSc1nc2ccccc2[nH]1)C1CC2CCC1C2. The zero-order valence-corrected chi connectivity index (χ0v) is 14.2. The number of nitrogens with zero attached hydrogens (tertiary/aromatic N) is 1. The molecule has 4 nitrogen and oxygen atoms in total. The average Bonchev–Trinajstić information content (AvgIpc) is 3.26. The van der Waals surface area contributed by atoms with Crippen LogP contribution < -0.4 is 5.32 Å². The van der Waals surface area contributed by atoms with E-state index in [2.05, 4.69) is 22.2 Å². The zero-order valence-electron chi connectivity index (χ0n) is 13.4. The maximum atomic E-state index is 12.2. The summed E-state index contributed by atoms with van der Waals surface area (Å²) in [4.78, 5) is 20.0. The predicted molar refractivity (Wildman–Crippen MR) is 93.4 cm³/mol. The van der Waals surface area contributed by atoms with Crippen LogP contribution in [-0.2, 0) is 4.79 Å². The number of rotatable bonds is 5. The smallest absolute Gasteiger partial charge is 0.230 e. The van der Waals surface area contributed by atoms with Crippen LogP contribution in [0.3, 0.4) is 0 Å². The van der Waals surface area contributed by atoms with Gasteiger partial charge in [-0.2, -0.15) is 0 Å². The minimum Gasteiger partial charge on any atom is -0.353 e. The lowest BCUT2D eigenvalue weighted by Gasteiger charge is -2.28. The van der Waals surface area contributed by atoms with Gasteiger partial charge in [0.25, 0.3) is 0 Å². The van der Waals surface area contributed by atoms with Crippen molar-refractivity contribution < 1.29 is 4.79 Å². The second-order valence-corrected chi connectivity index (χ2v) is 8.01. The minimum absolute atomic E-state index is 0.116. The van der Waals surface area contributed by atoms with E-state index >= 15 is 0 Å². The van der Waals surface area contributed by atoms with Gasteiger partial charge in [0, 0.05) is 6.04 Å². The fourth-order valence-electron chi connectivity index (χ4n) is 4.44. The van der Waals surface area contributed by atoms with E-state index in [-0.39, 0.29) is 5.91 Å². The number of nitrogens with one attached hydrogen (secondary N) is 2. The first-order valence-corrected chi connectivity index (χ1v) is 9.54. The van der Waals surface area contributed by atoms with Crippen molar-refractivity contribution in [2.24, 2.45) is 17.8 Å². The molecule has 2 saturated carbocycles. The molecular formula is C18H23N3OS. The van der Waals surface area contributed by atoms with Crippen molar-refractivity contribution in [3.63, 3.8) is 0 Å². The number of benzene rings is 1. The van der Waals surface area contributed by atoms with Gasteiger partial charge in [0.1, 0.15) is 0 Å². The molecule has 2 aromatic rings. The molecule has 2 aliphatic rings. The van der Waals surface area contributed by atoms with Gasteiger partial charge in [-0.25, -0.2) is 4.98 Å². The number of hydrogen-bond donors (Lipinski definition) is 2. The molecule has 0 spiro atoms. The molecule has 0 saturated heterocycles. The van der Waals surface area contributed by atoms with E-state index in [1.165, 1.54) is 37.4 Å². The number of H-pyrrole nitrogens is 1. The van der Waals surface area contributed by atoms with Crippen LogP contribution in [0.25, 0.3) is 11.0 Å². The standard InChI is InChI=1S/C18H23N3OS/c1-11(14-9-12-6-7-13(14)8-12)19-17(22)10-23-18-20-15-4-2-3-5-16(15)21-18/h2-5,11-14H,6-10H2,1H3,(H,19,22)(H,20,21). The summed E-state index contributed by atoms with van der Waals surface area (Å²) < 4.78 is 0. The lowest BCUT2D eigenvalue weighted by atomic mass is 9.84. The number of aromatic amines is 1. The lowest BCUT2D eigenvalue weighted by molar-refractivity contribution is -0.119. The van der Waals surface area contributed by atoms with Crippen LogP contribution in [0.5, 0.6) is 0 Å². The summed E-state index contributed by atoms with van der Waals surface area (Å²) in [6, 6.07) is 8.24. The molecule has 1 aromatic heterocycles. The van der Waals surface area contributed by atoms with E-state index in [9.17, 15) is 4.79 Å². The molecule has 4 unspecified atom stereocenters. The van der Waals surface area contributed by atoms with Gasteiger partial charge in [0.05, 0.1) is 16.8 Å². The Bertz CT molecular complexity index is 680. The zero-order chi connectivity index (χ0) is 15.8. The number of thioether (sulfide) groups is 1. The van der Waals surface area contributed by atoms with Gasteiger partial charge in [-0.05, 0) is 56.1 Å². The molecular weight excluding hydrogens is 306 g/mol. The third-order valence-corrected chi connectivity index (χ3v) is 6.40. The summed E-state index contributed by atoms with van der Waals surface area (Å²) in [5, 5.41) is 4.02. The Morgan fingerprint density at radius 2 is 2.26 bits per heavy atom. The van der Waals surface area contributed by atoms with Gasteiger partial charge in [-0.1, -0.05) is 30.3 Å². The summed E-state index contributed by atoms with van der Waals surface area (Å²) in [7, 11) is 0. The normalized spacial score (nSPS) is 27.4. The Labute approximate surface area is 140 Å². The van der Waals surface area contributed by atoms with Crippen LogP contribution in [0.1, 0.15) is 32.6 Å². The van der Waals surface area contributed by atoms with Crippen LogP contribution in [0.2, 0.25) is 0 Å². The summed E-state index contributed by atoms with van der Waals surface area (Å²) in [5.74, 6) is 3.00. The fourth-order valence-corrected chi connectivity index (χ4v) is 5.14. The molecule has 0 radical (unpaired) electrons. The Morgan fingerprint density at radius 3 is 3.00 bits per heavy atom. The Hall–Kier alpha value is -1.49. The van der Waals surface area contributed by atoms with Crippen LogP contribution in [0.4, 0.5) is 0 Å². The van der Waals surface area contributed by atoms with Crippen molar-refractivity contribution in [2.75, 3.05) is 5.75 Å². The van der Waals surface area contributed by atoms with Gasteiger partial charge in [-0.3, -0.25) is 4.79 Å². The number of carbonyl (C=O) groups excluding carboxylic acids is 1. The molecule has 23 heavy (non-hydrogen) atoms. The molecule has 0 aliphatic heterocycles. The van der Waals surface area contributed by atoms with Crippen LogP contribution in [-0.4, -0.2) is 27.7 Å². The maximum absolute atomic E-state index is 12.2. The molecule has 2 fully saturated rings. The molecule has 2 N–H and O–H groups in total. The number of para-hydroxylation sites is 2. The third-order valence-electron chi connectivity index (χ3n) is 5.53. The second kappa shape index (κ2) is 6.19. The number of amides is 1. The highest BCUT2D eigenvalue weighted by Crippen LogP contribution is 2.49. The Morgan fingerprint density at radius 1 is 1.39 bits per heavy atom. The highest BCUT2D eigenvalue weighted by molar-refractivity contribution is 7.99. The topological polar surface area (TPSA) is 57.8 Å². The number of fused-ring (bicyclic) bond motifs is 3. The number of hydrogen-bond acceptors (Lipinski definition) is 3. The molecule has 1 amide bonds. The van der Waals surface area contributed by atoms with Crippen molar-refractivity contribution in [1.29, 1.82) is 0 Å². The largest absolute Gasteiger partial charge is 0.353 e. The van der Waals surface area contributed by atoms with E-state index in [4.69, 9.17) is 0 Å². The monoisotopic (exact) mass is 329 g/mol. The highest BCUT2D eigenvalue weighted by Gasteiger charge is 2.42. The minimum atomic E-state index is 0.116. The lowest BCUT2D eigenvalue weighted by Crippen LogP contribution is -2.40. The molecule has 2 bridgehead atoms. The predicted octanol–water partition coefficient (Wildman–Crippen LogP) is 3.60. The summed E-state index contributed by atoms with van der Waals surface area (Å²) in [6.45, 7) is 2.18. The third kappa shape index (κ3) is 3.11. The van der Waals surface area contributed by atoms with Crippen molar-refractivity contribution in [3.8, 4) is 0 Å². The second-order valence-electron chi connectivity index (χ2n) is 7.04. The molecule has 1 heterocycles. The molecule has 5 heteroatoms. The van der Waals surface area contributed by atoms with Gasteiger partial charge in [0.2, 0.25) is 5.91 Å². The van der Waals surface area contributed by atoms with Crippen LogP contribution >= 0.6 is 11.8 Å². The highest BCUT2D eigenvalue weighted by atomic mass is 32.2. The number of imidazole rings is 1. The quantitative estimate of drug-likeness (QED) is 0.824. The van der Waals surface area contributed by atoms with Crippen LogP contribution in [0, 0.1) is 17.8 Å². The Kier molecular flexibility index (Phi) is 4.05. The van der Waals surface area contributed by atoms with Crippen molar-refractivity contribution >= 4 is 28.7 Å². The van der Waals surface area contributed by atoms with Crippen molar-refractivity contribution in [1.82, 2.24) is 15.3 Å². The van der Waals surface area contributed by atoms with E-state index in [0.29, 0.717) is 17.7 Å². The average molecular weight is 329 g/mol. The van der Waals surface area contributed by atoms with E-state index < -0.39 is 0 Å². The van der Waals surface area contributed by atoms with Gasteiger partial charge in [-0.15, -0.1) is 0 Å². The molecule has 4 rings (SSSR count). The Balaban J connectivity index is 1.30. The summed E-state index contributed by atoms with van der Waals surface area (Å²) >= 11 is 1.48. The fraction of sp³-hybridized carbons (Fsp3) is 0.556. The number of aromatic nitrogens is 2. The van der Waals surface area contributed by atoms with Crippen LogP contribution in [0.15, 0.2) is 29.4 Å². The van der Waals surface area contributed by atoms with Crippen molar-refractivity contribution in [3.05, 3.63) is 24.3 Å². The molecule has 2 aliphatic carbocycles. The summed E-state index contributed by atoms with van der Waals surface area (Å²) in [5.41, 5.74) is 1.97. The molecule has 1 aromatic carbocycles. The first kappa shape index (κ1) is 15.1. The van der Waals surface area contributed by atoms with E-state index in [1.54, 1.807) is 0 Å². The van der Waals surface area contributed by atoms with Crippen molar-refractivity contribution in [2.45, 2.75) is 43.8 Å². The van der Waals surface area contributed by atoms with Gasteiger partial charge >= 0.3 is 0 Å². The van der Waals surface area contributed by atoms with Gasteiger partial charge in [0.15, 0.2) is 5.16 Å².